The Morgan fingerprint density at radius 1 is 1.47 bits per heavy atom. The van der Waals surface area contributed by atoms with Crippen LogP contribution in [0.2, 0.25) is 0 Å². The first-order chi connectivity index (χ1) is 8.25. The van der Waals surface area contributed by atoms with Crippen molar-refractivity contribution in [1.29, 1.82) is 0 Å². The van der Waals surface area contributed by atoms with Crippen LogP contribution in [0.4, 0.5) is 0 Å². The maximum absolute atomic E-state index is 4.42. The summed E-state index contributed by atoms with van der Waals surface area (Å²) in [4.78, 5) is 4.42. The van der Waals surface area contributed by atoms with Crippen molar-refractivity contribution < 1.29 is 0 Å². The van der Waals surface area contributed by atoms with Gasteiger partial charge in [-0.1, -0.05) is 6.08 Å². The van der Waals surface area contributed by atoms with Crippen molar-refractivity contribution in [3.8, 4) is 0 Å². The summed E-state index contributed by atoms with van der Waals surface area (Å²) in [5.74, 6) is 1.56. The van der Waals surface area contributed by atoms with Gasteiger partial charge in [0.1, 0.15) is 4.60 Å². The summed E-state index contributed by atoms with van der Waals surface area (Å²) in [5, 5.41) is 3.51. The minimum absolute atomic E-state index is 0.700. The summed E-state index contributed by atoms with van der Waals surface area (Å²) in [6, 6.07) is 2.25. The minimum Gasteiger partial charge on any atom is -0.316 e. The van der Waals surface area contributed by atoms with Crippen LogP contribution < -0.4 is 5.32 Å². The second-order valence-corrected chi connectivity index (χ2v) is 5.84. The third-order valence-electron chi connectivity index (χ3n) is 4.01. The van der Waals surface area contributed by atoms with Gasteiger partial charge in [0.05, 0.1) is 0 Å². The van der Waals surface area contributed by atoms with E-state index < -0.39 is 0 Å². The highest BCUT2D eigenvalue weighted by Crippen LogP contribution is 2.41. The summed E-state index contributed by atoms with van der Waals surface area (Å²) in [5.41, 5.74) is 4.03. The zero-order valence-electron chi connectivity index (χ0n) is 10.0. The van der Waals surface area contributed by atoms with Gasteiger partial charge >= 0.3 is 0 Å². The molecule has 0 bridgehead atoms. The van der Waals surface area contributed by atoms with E-state index in [0.29, 0.717) is 5.92 Å². The van der Waals surface area contributed by atoms with Gasteiger partial charge in [-0.25, -0.2) is 4.98 Å². The van der Waals surface area contributed by atoms with Crippen LogP contribution in [0.1, 0.15) is 24.0 Å². The Labute approximate surface area is 111 Å². The highest BCUT2D eigenvalue weighted by atomic mass is 79.9. The van der Waals surface area contributed by atoms with E-state index in [4.69, 9.17) is 0 Å². The molecule has 1 N–H and O–H groups in total. The predicted molar refractivity (Wildman–Crippen MR) is 73.7 cm³/mol. The topological polar surface area (TPSA) is 24.9 Å². The third kappa shape index (κ3) is 2.06. The lowest BCUT2D eigenvalue weighted by Crippen LogP contribution is -2.34. The minimum atomic E-state index is 0.700. The Balaban J connectivity index is 1.91. The van der Waals surface area contributed by atoms with Crippen molar-refractivity contribution in [2.24, 2.45) is 11.8 Å². The second kappa shape index (κ2) is 4.54. The van der Waals surface area contributed by atoms with E-state index in [0.717, 1.165) is 17.1 Å². The number of aromatic nitrogens is 1. The van der Waals surface area contributed by atoms with Crippen LogP contribution in [-0.2, 0) is 0 Å². The van der Waals surface area contributed by atoms with Gasteiger partial charge in [-0.2, -0.15) is 0 Å². The van der Waals surface area contributed by atoms with E-state index in [1.54, 1.807) is 0 Å². The summed E-state index contributed by atoms with van der Waals surface area (Å²) in [6.45, 7) is 4.41. The molecule has 1 aromatic heterocycles. The van der Waals surface area contributed by atoms with Crippen LogP contribution in [0.3, 0.4) is 0 Å². The summed E-state index contributed by atoms with van der Waals surface area (Å²) >= 11 is 3.46. The number of hydrogen-bond donors (Lipinski definition) is 1. The van der Waals surface area contributed by atoms with E-state index in [-0.39, 0.29) is 0 Å². The van der Waals surface area contributed by atoms with Gasteiger partial charge in [0.25, 0.3) is 0 Å². The van der Waals surface area contributed by atoms with Crippen LogP contribution in [0.25, 0.3) is 5.57 Å². The fourth-order valence-electron chi connectivity index (χ4n) is 3.04. The number of allylic oxidation sites excluding steroid dienone is 1. The molecule has 2 heterocycles. The van der Waals surface area contributed by atoms with Crippen LogP contribution in [0.5, 0.6) is 0 Å². The standard InChI is InChI=1S/C14H17BrN2/c1-9-6-11(7-17-14(9)15)12-3-2-10-4-5-16-8-13(10)12/h3,6-7,10,13,16H,2,4-5,8H2,1H3/t10-,13+/m1/s1. The molecule has 90 valence electrons. The normalized spacial score (nSPS) is 27.8. The Bertz CT molecular complexity index is 467. The van der Waals surface area contributed by atoms with E-state index in [1.165, 1.54) is 36.1 Å². The van der Waals surface area contributed by atoms with Gasteiger partial charge in [-0.05, 0) is 76.8 Å². The summed E-state index contributed by atoms with van der Waals surface area (Å²) in [7, 11) is 0. The van der Waals surface area contributed by atoms with Gasteiger partial charge in [0.2, 0.25) is 0 Å². The van der Waals surface area contributed by atoms with Crippen LogP contribution in [0.15, 0.2) is 22.9 Å². The highest BCUT2D eigenvalue weighted by molar-refractivity contribution is 9.10. The molecule has 17 heavy (non-hydrogen) atoms. The van der Waals surface area contributed by atoms with Crippen molar-refractivity contribution >= 4 is 21.5 Å². The molecular weight excluding hydrogens is 276 g/mol. The molecule has 1 aliphatic carbocycles. The molecule has 0 radical (unpaired) electrons. The molecule has 3 heteroatoms. The number of nitrogens with zero attached hydrogens (tertiary/aromatic N) is 1. The van der Waals surface area contributed by atoms with Crippen molar-refractivity contribution in [2.75, 3.05) is 13.1 Å². The first-order valence-corrected chi connectivity index (χ1v) is 7.08. The lowest BCUT2D eigenvalue weighted by molar-refractivity contribution is 0.328. The number of hydrogen-bond acceptors (Lipinski definition) is 2. The molecule has 0 amide bonds. The van der Waals surface area contributed by atoms with Gasteiger partial charge < -0.3 is 5.32 Å². The maximum Gasteiger partial charge on any atom is 0.109 e. The van der Waals surface area contributed by atoms with Gasteiger partial charge in [0, 0.05) is 12.7 Å². The Kier molecular flexibility index (Phi) is 3.05. The molecule has 0 spiro atoms. The van der Waals surface area contributed by atoms with Crippen molar-refractivity contribution in [3.63, 3.8) is 0 Å². The maximum atomic E-state index is 4.42. The third-order valence-corrected chi connectivity index (χ3v) is 4.84. The molecule has 0 unspecified atom stereocenters. The Hall–Kier alpha value is -0.670. The number of piperidine rings is 1. The van der Waals surface area contributed by atoms with Crippen molar-refractivity contribution in [2.45, 2.75) is 19.8 Å². The zero-order chi connectivity index (χ0) is 11.8. The van der Waals surface area contributed by atoms with E-state index >= 15 is 0 Å². The van der Waals surface area contributed by atoms with Crippen LogP contribution in [0, 0.1) is 18.8 Å². The highest BCUT2D eigenvalue weighted by Gasteiger charge is 2.32. The average molecular weight is 293 g/mol. The zero-order valence-corrected chi connectivity index (χ0v) is 11.6. The van der Waals surface area contributed by atoms with E-state index in [9.17, 15) is 0 Å². The summed E-state index contributed by atoms with van der Waals surface area (Å²) < 4.78 is 0.957. The number of nitrogens with one attached hydrogen (secondary N) is 1. The van der Waals surface area contributed by atoms with E-state index in [2.05, 4.69) is 45.3 Å². The van der Waals surface area contributed by atoms with Crippen molar-refractivity contribution in [1.82, 2.24) is 10.3 Å². The Morgan fingerprint density at radius 2 is 2.35 bits per heavy atom. The predicted octanol–water partition coefficient (Wildman–Crippen LogP) is 3.17. The molecule has 1 fully saturated rings. The van der Waals surface area contributed by atoms with Crippen molar-refractivity contribution in [3.05, 3.63) is 34.1 Å². The fraction of sp³-hybridized carbons (Fsp3) is 0.500. The van der Waals surface area contributed by atoms with Crippen LogP contribution >= 0.6 is 15.9 Å². The van der Waals surface area contributed by atoms with E-state index in [1.807, 2.05) is 6.20 Å². The SMILES string of the molecule is Cc1cc(C2=CC[C@@H]3CCNC[C@H]23)cnc1Br. The lowest BCUT2D eigenvalue weighted by atomic mass is 9.84. The largest absolute Gasteiger partial charge is 0.316 e. The average Bonchev–Trinajstić information content (AvgIpc) is 2.76. The molecule has 1 aliphatic heterocycles. The van der Waals surface area contributed by atoms with Gasteiger partial charge in [-0.15, -0.1) is 0 Å². The molecule has 2 atom stereocenters. The monoisotopic (exact) mass is 292 g/mol. The number of rotatable bonds is 1. The summed E-state index contributed by atoms with van der Waals surface area (Å²) in [6.07, 6.45) is 6.98. The first kappa shape index (κ1) is 11.4. The fourth-order valence-corrected chi connectivity index (χ4v) is 3.25. The first-order valence-electron chi connectivity index (χ1n) is 6.29. The Morgan fingerprint density at radius 3 is 3.18 bits per heavy atom. The molecule has 1 aromatic rings. The molecule has 2 nitrogen and oxygen atoms in total. The number of pyridine rings is 1. The molecule has 2 aliphatic rings. The number of aryl methyl sites for hydroxylation is 1. The molecule has 0 aromatic carbocycles. The van der Waals surface area contributed by atoms with Gasteiger partial charge in [-0.3, -0.25) is 0 Å². The molecular formula is C14H17BrN2. The smallest absolute Gasteiger partial charge is 0.109 e. The van der Waals surface area contributed by atoms with Gasteiger partial charge in [0.15, 0.2) is 0 Å². The number of fused-ring (bicyclic) bond motifs is 1. The second-order valence-electron chi connectivity index (χ2n) is 5.09. The molecule has 1 saturated heterocycles. The van der Waals surface area contributed by atoms with Crippen LogP contribution in [-0.4, -0.2) is 18.1 Å². The lowest BCUT2D eigenvalue weighted by Gasteiger charge is -2.28. The quantitative estimate of drug-likeness (QED) is 0.805. The number of halogens is 1. The molecule has 0 saturated carbocycles. The molecule has 3 rings (SSSR count).